The summed E-state index contributed by atoms with van der Waals surface area (Å²) in [4.78, 5) is 10.6. The third-order valence-electron chi connectivity index (χ3n) is 1.97. The first-order valence-corrected chi connectivity index (χ1v) is 4.59. The van der Waals surface area contributed by atoms with Crippen LogP contribution in [-0.4, -0.2) is 11.1 Å². The van der Waals surface area contributed by atoms with Crippen molar-refractivity contribution in [3.8, 4) is 6.07 Å². The van der Waals surface area contributed by atoms with E-state index in [1.807, 2.05) is 6.07 Å². The molecule has 0 fully saturated rings. The quantitative estimate of drug-likeness (QED) is 0.810. The summed E-state index contributed by atoms with van der Waals surface area (Å²) in [6, 6.07) is 4.95. The van der Waals surface area contributed by atoms with Crippen molar-refractivity contribution < 1.29 is 9.90 Å². The van der Waals surface area contributed by atoms with E-state index in [1.54, 1.807) is 0 Å². The molecule has 0 heterocycles. The van der Waals surface area contributed by atoms with E-state index >= 15 is 0 Å². The van der Waals surface area contributed by atoms with Gasteiger partial charge in [0, 0.05) is 11.6 Å². The van der Waals surface area contributed by atoms with Gasteiger partial charge in [0.2, 0.25) is 0 Å². The Bertz CT molecular complexity index is 438. The van der Waals surface area contributed by atoms with Crippen molar-refractivity contribution in [2.24, 2.45) is 5.73 Å². The van der Waals surface area contributed by atoms with Crippen molar-refractivity contribution in [3.63, 3.8) is 0 Å². The van der Waals surface area contributed by atoms with E-state index in [1.165, 1.54) is 12.1 Å². The molecule has 0 saturated carbocycles. The lowest BCUT2D eigenvalue weighted by Crippen LogP contribution is -2.09. The van der Waals surface area contributed by atoms with Crippen LogP contribution in [0.2, 0.25) is 5.02 Å². The third-order valence-corrected chi connectivity index (χ3v) is 2.19. The molecule has 0 bridgehead atoms. The van der Waals surface area contributed by atoms with Gasteiger partial charge in [0.1, 0.15) is 0 Å². The Hall–Kier alpha value is -1.57. The molecule has 78 valence electrons. The van der Waals surface area contributed by atoms with Gasteiger partial charge in [0.15, 0.2) is 0 Å². The summed E-state index contributed by atoms with van der Waals surface area (Å²) in [7, 11) is 0. The maximum Gasteiger partial charge on any atom is 0.307 e. The summed E-state index contributed by atoms with van der Waals surface area (Å²) >= 11 is 5.76. The highest BCUT2D eigenvalue weighted by Gasteiger charge is 2.11. The number of benzene rings is 1. The van der Waals surface area contributed by atoms with Crippen LogP contribution in [0, 0.1) is 11.3 Å². The maximum absolute atomic E-state index is 10.6. The Morgan fingerprint density at radius 3 is 2.73 bits per heavy atom. The van der Waals surface area contributed by atoms with Gasteiger partial charge in [0.25, 0.3) is 0 Å². The number of hydrogen-bond acceptors (Lipinski definition) is 3. The molecule has 5 heteroatoms. The number of carboxylic acid groups (broad SMARTS) is 1. The van der Waals surface area contributed by atoms with Gasteiger partial charge in [-0.3, -0.25) is 4.79 Å². The van der Waals surface area contributed by atoms with E-state index < -0.39 is 5.97 Å². The number of nitriles is 1. The van der Waals surface area contributed by atoms with Crippen LogP contribution in [0.3, 0.4) is 0 Å². The summed E-state index contributed by atoms with van der Waals surface area (Å²) in [5.74, 6) is -0.976. The summed E-state index contributed by atoms with van der Waals surface area (Å²) in [5.41, 5.74) is 6.84. The molecule has 0 amide bonds. The Labute approximate surface area is 91.9 Å². The summed E-state index contributed by atoms with van der Waals surface area (Å²) in [6.07, 6.45) is -0.179. The average molecular weight is 225 g/mol. The second-order valence-electron chi connectivity index (χ2n) is 2.98. The first kappa shape index (κ1) is 11.5. The fourth-order valence-electron chi connectivity index (χ4n) is 1.35. The average Bonchev–Trinajstić information content (AvgIpc) is 2.15. The first-order chi connectivity index (χ1) is 7.08. The molecule has 0 radical (unpaired) electrons. The SMILES string of the molecule is N#Cc1cc(Cl)cc(CC(=O)O)c1CN. The zero-order chi connectivity index (χ0) is 11.4. The highest BCUT2D eigenvalue weighted by atomic mass is 35.5. The molecule has 0 unspecified atom stereocenters. The molecule has 15 heavy (non-hydrogen) atoms. The Morgan fingerprint density at radius 1 is 1.60 bits per heavy atom. The second-order valence-corrected chi connectivity index (χ2v) is 3.41. The van der Waals surface area contributed by atoms with Gasteiger partial charge >= 0.3 is 5.97 Å². The van der Waals surface area contributed by atoms with Crippen molar-refractivity contribution >= 4 is 17.6 Å². The minimum absolute atomic E-state index is 0.128. The number of carbonyl (C=O) groups is 1. The van der Waals surface area contributed by atoms with E-state index in [0.29, 0.717) is 21.7 Å². The molecular formula is C10H9ClN2O2. The molecule has 0 saturated heterocycles. The van der Waals surface area contributed by atoms with Crippen molar-refractivity contribution in [1.29, 1.82) is 5.26 Å². The molecule has 4 nitrogen and oxygen atoms in total. The summed E-state index contributed by atoms with van der Waals surface area (Å²) in [6.45, 7) is 0.128. The van der Waals surface area contributed by atoms with Crippen molar-refractivity contribution in [2.45, 2.75) is 13.0 Å². The fraction of sp³-hybridized carbons (Fsp3) is 0.200. The van der Waals surface area contributed by atoms with E-state index in [2.05, 4.69) is 0 Å². The van der Waals surface area contributed by atoms with Crippen molar-refractivity contribution in [3.05, 3.63) is 33.8 Å². The smallest absolute Gasteiger partial charge is 0.307 e. The zero-order valence-electron chi connectivity index (χ0n) is 7.83. The monoisotopic (exact) mass is 224 g/mol. The van der Waals surface area contributed by atoms with E-state index in [9.17, 15) is 4.79 Å². The minimum Gasteiger partial charge on any atom is -0.481 e. The number of aliphatic carboxylic acids is 1. The van der Waals surface area contributed by atoms with Crippen LogP contribution in [0.5, 0.6) is 0 Å². The molecule has 0 aliphatic heterocycles. The summed E-state index contributed by atoms with van der Waals surface area (Å²) < 4.78 is 0. The predicted octanol–water partition coefficient (Wildman–Crippen LogP) is 1.30. The molecule has 0 atom stereocenters. The topological polar surface area (TPSA) is 87.1 Å². The van der Waals surface area contributed by atoms with Gasteiger partial charge in [-0.15, -0.1) is 0 Å². The van der Waals surface area contributed by atoms with Crippen LogP contribution in [-0.2, 0) is 17.8 Å². The molecular weight excluding hydrogens is 216 g/mol. The summed E-state index contributed by atoms with van der Waals surface area (Å²) in [5, 5.41) is 17.8. The standard InChI is InChI=1S/C10H9ClN2O2/c11-8-1-6(3-10(14)15)9(5-13)7(2-8)4-12/h1-2H,3,5,13H2,(H,14,15). The zero-order valence-corrected chi connectivity index (χ0v) is 8.58. The normalized spacial score (nSPS) is 9.67. The highest BCUT2D eigenvalue weighted by Crippen LogP contribution is 2.21. The number of carboxylic acids is 1. The molecule has 3 N–H and O–H groups in total. The van der Waals surface area contributed by atoms with Crippen LogP contribution < -0.4 is 5.73 Å². The largest absolute Gasteiger partial charge is 0.481 e. The Morgan fingerprint density at radius 2 is 2.27 bits per heavy atom. The van der Waals surface area contributed by atoms with Gasteiger partial charge in [-0.25, -0.2) is 0 Å². The molecule has 1 rings (SSSR count). The lowest BCUT2D eigenvalue weighted by molar-refractivity contribution is -0.136. The maximum atomic E-state index is 10.6. The first-order valence-electron chi connectivity index (χ1n) is 4.21. The third kappa shape index (κ3) is 2.69. The molecule has 1 aromatic carbocycles. The lowest BCUT2D eigenvalue weighted by atomic mass is 9.99. The highest BCUT2D eigenvalue weighted by molar-refractivity contribution is 6.30. The van der Waals surface area contributed by atoms with Crippen LogP contribution >= 0.6 is 11.6 Å². The second kappa shape index (κ2) is 4.78. The van der Waals surface area contributed by atoms with Gasteiger partial charge in [-0.05, 0) is 23.3 Å². The van der Waals surface area contributed by atoms with Gasteiger partial charge < -0.3 is 10.8 Å². The van der Waals surface area contributed by atoms with Crippen LogP contribution in [0.25, 0.3) is 0 Å². The van der Waals surface area contributed by atoms with Gasteiger partial charge in [-0.2, -0.15) is 5.26 Å². The lowest BCUT2D eigenvalue weighted by Gasteiger charge is -2.08. The minimum atomic E-state index is -0.976. The molecule has 0 aliphatic carbocycles. The van der Waals surface area contributed by atoms with Gasteiger partial charge in [0.05, 0.1) is 18.1 Å². The van der Waals surface area contributed by atoms with Crippen LogP contribution in [0.1, 0.15) is 16.7 Å². The van der Waals surface area contributed by atoms with E-state index in [4.69, 9.17) is 27.7 Å². The van der Waals surface area contributed by atoms with E-state index in [-0.39, 0.29) is 13.0 Å². The molecule has 0 aromatic heterocycles. The van der Waals surface area contributed by atoms with Crippen molar-refractivity contribution in [1.82, 2.24) is 0 Å². The number of nitrogens with two attached hydrogens (primary N) is 1. The number of nitrogens with zero attached hydrogens (tertiary/aromatic N) is 1. The molecule has 1 aromatic rings. The number of rotatable bonds is 3. The van der Waals surface area contributed by atoms with Crippen LogP contribution in [0.15, 0.2) is 12.1 Å². The predicted molar refractivity (Wildman–Crippen MR) is 55.4 cm³/mol. The van der Waals surface area contributed by atoms with Crippen molar-refractivity contribution in [2.75, 3.05) is 0 Å². The number of halogens is 1. The molecule has 0 aliphatic rings. The Kier molecular flexibility index (Phi) is 3.67. The van der Waals surface area contributed by atoms with Crippen LogP contribution in [0.4, 0.5) is 0 Å². The Balaban J connectivity index is 3.30. The molecule has 0 spiro atoms. The number of hydrogen-bond donors (Lipinski definition) is 2. The van der Waals surface area contributed by atoms with E-state index in [0.717, 1.165) is 0 Å². The van der Waals surface area contributed by atoms with Gasteiger partial charge in [-0.1, -0.05) is 11.6 Å². The fourth-order valence-corrected chi connectivity index (χ4v) is 1.60.